The number of imide groups is 1. The Balaban J connectivity index is 1.41. The monoisotopic (exact) mass is 848 g/mol. The summed E-state index contributed by atoms with van der Waals surface area (Å²) in [6.07, 6.45) is 0.0257. The van der Waals surface area contributed by atoms with Gasteiger partial charge in [-0.15, -0.1) is 0 Å². The van der Waals surface area contributed by atoms with E-state index in [1.165, 1.54) is 19.2 Å². The van der Waals surface area contributed by atoms with Gasteiger partial charge in [0.2, 0.25) is 11.8 Å². The van der Waals surface area contributed by atoms with Crippen molar-refractivity contribution in [2.45, 2.75) is 36.1 Å². The van der Waals surface area contributed by atoms with E-state index in [1.54, 1.807) is 42.6 Å². The summed E-state index contributed by atoms with van der Waals surface area (Å²) in [7, 11) is 1.44. The average Bonchev–Trinajstić information content (AvgIpc) is 3.75. The summed E-state index contributed by atoms with van der Waals surface area (Å²) < 4.78 is 17.2. The molecule has 0 bridgehead atoms. The number of nitrogens with zero attached hydrogens (tertiary/aromatic N) is 3. The molecule has 1 aromatic heterocycles. The standard InChI is InChI=1S/C48H44N6O9/c1-61-27-28-62-47(60)53-37-22-17-30(11-10-25-52-46(49)59)29-36(37)48(45(53)58)38(43(56)51-26-23-34-16-8-9-24-50-34)40-44(57)63-41(32-14-6-3-7-15-32)39(31-12-4-2-5-13-31)54(40)42(48)33-18-20-35(55)21-19-33/h2-9,12-22,24,29,38-42,55H,23,25-28H2,1H3,(H,51,56)(H3,49,52,59)/t38-,39-,40-,41+,42+,48-/m0/s1. The maximum absolute atomic E-state index is 16.1. The minimum absolute atomic E-state index is 0.0401. The number of carbonyl (C=O) groups excluding carboxylic acids is 5. The Morgan fingerprint density at radius 2 is 1.57 bits per heavy atom. The summed E-state index contributed by atoms with van der Waals surface area (Å²) in [5, 5.41) is 16.1. The SMILES string of the molecule is COCCOC(=O)N1C(=O)[C@@]2(c3cc(C#CCNC(N)=O)ccc31)[C@H](C(=O)NCCc1ccccn1)[C@H]1C(=O)O[C@H](c3ccccc3)[C@H](c3ccccc3)N1[C@@H]2c1ccc(O)cc1. The van der Waals surface area contributed by atoms with Crippen LogP contribution in [0.15, 0.2) is 128 Å². The smallest absolute Gasteiger partial charge is 0.421 e. The Labute approximate surface area is 363 Å². The molecule has 63 heavy (non-hydrogen) atoms. The van der Waals surface area contributed by atoms with Crippen LogP contribution in [0.1, 0.15) is 51.7 Å². The molecule has 8 rings (SSSR count). The minimum atomic E-state index is -2.06. The van der Waals surface area contributed by atoms with Crippen molar-refractivity contribution in [2.24, 2.45) is 11.7 Å². The molecule has 2 saturated heterocycles. The van der Waals surface area contributed by atoms with Crippen molar-refractivity contribution in [1.82, 2.24) is 20.5 Å². The molecule has 15 heteroatoms. The zero-order valence-electron chi connectivity index (χ0n) is 34.2. The molecule has 5 N–H and O–H groups in total. The number of urea groups is 1. The molecule has 0 unspecified atom stereocenters. The lowest BCUT2D eigenvalue weighted by Gasteiger charge is -2.46. The molecule has 6 atom stereocenters. The van der Waals surface area contributed by atoms with Gasteiger partial charge in [0, 0.05) is 37.5 Å². The van der Waals surface area contributed by atoms with E-state index in [4.69, 9.17) is 19.9 Å². The molecule has 3 aliphatic rings. The number of ether oxygens (including phenoxy) is 3. The first kappa shape index (κ1) is 42.2. The maximum Gasteiger partial charge on any atom is 0.421 e. The van der Waals surface area contributed by atoms with E-state index < -0.39 is 65.5 Å². The number of methoxy groups -OCH3 is 1. The van der Waals surface area contributed by atoms with Gasteiger partial charge in [-0.3, -0.25) is 24.3 Å². The molecule has 0 aliphatic carbocycles. The summed E-state index contributed by atoms with van der Waals surface area (Å²) in [4.78, 5) is 79.6. The van der Waals surface area contributed by atoms with Crippen LogP contribution in [0.2, 0.25) is 0 Å². The summed E-state index contributed by atoms with van der Waals surface area (Å²) >= 11 is 0. The molecule has 3 aliphatic heterocycles. The van der Waals surface area contributed by atoms with E-state index in [0.717, 1.165) is 10.5 Å². The number of esters is 1. The highest BCUT2D eigenvalue weighted by Gasteiger charge is 2.75. The molecule has 2 fully saturated rings. The van der Waals surface area contributed by atoms with Crippen LogP contribution in [-0.4, -0.2) is 84.4 Å². The van der Waals surface area contributed by atoms with Crippen molar-refractivity contribution < 1.29 is 43.3 Å². The number of benzene rings is 4. The van der Waals surface area contributed by atoms with Crippen molar-refractivity contribution in [3.05, 3.63) is 161 Å². The van der Waals surface area contributed by atoms with Gasteiger partial charge in [0.15, 0.2) is 0 Å². The number of carbonyl (C=O) groups is 5. The molecule has 1 spiro atoms. The number of phenolic OH excluding ortho intramolecular Hbond substituents is 1. The Bertz CT molecular complexity index is 2570. The fourth-order valence-corrected chi connectivity index (χ4v) is 9.15. The van der Waals surface area contributed by atoms with Gasteiger partial charge in [0.25, 0.3) is 0 Å². The third kappa shape index (κ3) is 7.93. The van der Waals surface area contributed by atoms with Crippen LogP contribution < -0.4 is 21.3 Å². The second-order valence-electron chi connectivity index (χ2n) is 15.2. The number of hydrogen-bond donors (Lipinski definition) is 4. The molecule has 5 amide bonds. The topological polar surface area (TPSA) is 203 Å². The van der Waals surface area contributed by atoms with Crippen LogP contribution in [0.4, 0.5) is 15.3 Å². The predicted octanol–water partition coefficient (Wildman–Crippen LogP) is 4.61. The third-order valence-electron chi connectivity index (χ3n) is 11.6. The summed E-state index contributed by atoms with van der Waals surface area (Å²) in [5.74, 6) is 2.02. The van der Waals surface area contributed by atoms with Crippen LogP contribution in [-0.2, 0) is 40.4 Å². The molecule has 4 aromatic carbocycles. The quantitative estimate of drug-likeness (QED) is 0.0821. The lowest BCUT2D eigenvalue weighted by Crippen LogP contribution is -2.56. The van der Waals surface area contributed by atoms with Gasteiger partial charge in [0.05, 0.1) is 36.8 Å². The van der Waals surface area contributed by atoms with Gasteiger partial charge in [0.1, 0.15) is 29.9 Å². The van der Waals surface area contributed by atoms with E-state index in [1.807, 2.05) is 77.7 Å². The summed E-state index contributed by atoms with van der Waals surface area (Å²) in [5.41, 5.74) is 6.47. The molecule has 15 nitrogen and oxygen atoms in total. The molecular formula is C48H44N6O9. The first-order valence-electron chi connectivity index (χ1n) is 20.4. The van der Waals surface area contributed by atoms with E-state index in [0.29, 0.717) is 28.8 Å². The number of aromatic nitrogens is 1. The molecular weight excluding hydrogens is 805 g/mol. The van der Waals surface area contributed by atoms with Crippen LogP contribution >= 0.6 is 0 Å². The minimum Gasteiger partial charge on any atom is -0.508 e. The number of aromatic hydroxyl groups is 1. The van der Waals surface area contributed by atoms with Crippen LogP contribution in [0, 0.1) is 17.8 Å². The number of pyridine rings is 1. The second-order valence-corrected chi connectivity index (χ2v) is 15.2. The van der Waals surface area contributed by atoms with Crippen molar-refractivity contribution >= 4 is 35.6 Å². The van der Waals surface area contributed by atoms with Gasteiger partial charge < -0.3 is 35.7 Å². The Hall–Kier alpha value is -7.54. The normalized spacial score (nSPS) is 22.3. The van der Waals surface area contributed by atoms with Crippen molar-refractivity contribution in [3.63, 3.8) is 0 Å². The highest BCUT2D eigenvalue weighted by atomic mass is 16.6. The average molecular weight is 849 g/mol. The van der Waals surface area contributed by atoms with Gasteiger partial charge in [-0.1, -0.05) is 90.7 Å². The number of fused-ring (bicyclic) bond motifs is 3. The summed E-state index contributed by atoms with van der Waals surface area (Å²) in [6.45, 7) is -0.150. The van der Waals surface area contributed by atoms with E-state index in [-0.39, 0.29) is 43.3 Å². The van der Waals surface area contributed by atoms with Gasteiger partial charge >= 0.3 is 18.1 Å². The van der Waals surface area contributed by atoms with Crippen LogP contribution in [0.3, 0.4) is 0 Å². The molecule has 320 valence electrons. The number of nitrogens with one attached hydrogen (secondary N) is 2. The van der Waals surface area contributed by atoms with E-state index in [9.17, 15) is 14.7 Å². The van der Waals surface area contributed by atoms with E-state index in [2.05, 4.69) is 27.5 Å². The lowest BCUT2D eigenvalue weighted by molar-refractivity contribution is -0.178. The molecule has 0 radical (unpaired) electrons. The largest absolute Gasteiger partial charge is 0.508 e. The highest BCUT2D eigenvalue weighted by Crippen LogP contribution is 2.66. The van der Waals surface area contributed by atoms with Crippen molar-refractivity contribution in [2.75, 3.05) is 38.3 Å². The first-order chi connectivity index (χ1) is 30.6. The van der Waals surface area contributed by atoms with Gasteiger partial charge in [-0.2, -0.15) is 0 Å². The number of amides is 5. The highest BCUT2D eigenvalue weighted by molar-refractivity contribution is 6.23. The molecule has 0 saturated carbocycles. The third-order valence-corrected chi connectivity index (χ3v) is 11.6. The number of phenols is 1. The first-order valence-corrected chi connectivity index (χ1v) is 20.4. The predicted molar refractivity (Wildman–Crippen MR) is 229 cm³/mol. The number of hydrogen-bond acceptors (Lipinski definition) is 11. The lowest BCUT2D eigenvalue weighted by atomic mass is 9.65. The maximum atomic E-state index is 16.1. The number of anilines is 1. The van der Waals surface area contributed by atoms with Crippen LogP contribution in [0.5, 0.6) is 5.75 Å². The molecule has 5 aromatic rings. The fourth-order valence-electron chi connectivity index (χ4n) is 9.15. The number of primary amides is 1. The Kier molecular flexibility index (Phi) is 12.2. The number of morpholine rings is 1. The number of nitrogens with two attached hydrogens (primary N) is 1. The Morgan fingerprint density at radius 1 is 0.857 bits per heavy atom. The number of rotatable bonds is 11. The summed E-state index contributed by atoms with van der Waals surface area (Å²) in [6, 6.07) is 30.9. The van der Waals surface area contributed by atoms with Gasteiger partial charge in [-0.05, 0) is 64.7 Å². The zero-order chi connectivity index (χ0) is 44.1. The van der Waals surface area contributed by atoms with Crippen molar-refractivity contribution in [3.8, 4) is 17.6 Å². The van der Waals surface area contributed by atoms with Crippen molar-refractivity contribution in [1.29, 1.82) is 0 Å². The number of cyclic esters (lactones) is 1. The zero-order valence-corrected chi connectivity index (χ0v) is 34.2. The molecule has 4 heterocycles. The van der Waals surface area contributed by atoms with Gasteiger partial charge in [-0.25, -0.2) is 14.5 Å². The van der Waals surface area contributed by atoms with E-state index >= 15 is 14.4 Å². The fraction of sp³-hybridized carbons (Fsp3) is 0.250. The Morgan fingerprint density at radius 3 is 2.25 bits per heavy atom. The second kappa shape index (κ2) is 18.2. The van der Waals surface area contributed by atoms with Crippen LogP contribution in [0.25, 0.3) is 0 Å².